The third-order valence-electron chi connectivity index (χ3n) is 2.18. The minimum Gasteiger partial charge on any atom is -0.338 e. The van der Waals surface area contributed by atoms with E-state index in [1.807, 2.05) is 6.07 Å². The summed E-state index contributed by atoms with van der Waals surface area (Å²) in [4.78, 5) is 0. The zero-order valence-electron chi connectivity index (χ0n) is 7.09. The van der Waals surface area contributed by atoms with Crippen LogP contribution in [0.1, 0.15) is 6.42 Å². The molecule has 3 heteroatoms. The number of benzene rings is 1. The molecule has 1 saturated heterocycles. The number of hydrogen-bond acceptors (Lipinski definition) is 2. The highest BCUT2D eigenvalue weighted by molar-refractivity contribution is 6.68. The molecule has 0 amide bonds. The lowest BCUT2D eigenvalue weighted by atomic mass is 9.67. The van der Waals surface area contributed by atoms with Gasteiger partial charge in [-0.25, -0.2) is 0 Å². The van der Waals surface area contributed by atoms with E-state index in [1.165, 1.54) is 11.9 Å². The number of hydrogen-bond donors (Lipinski definition) is 2. The van der Waals surface area contributed by atoms with Gasteiger partial charge in [0.2, 0.25) is 0 Å². The molecule has 2 nitrogen and oxygen atoms in total. The van der Waals surface area contributed by atoms with Gasteiger partial charge in [-0.05, 0) is 25.0 Å². The van der Waals surface area contributed by atoms with Gasteiger partial charge < -0.3 is 10.5 Å². The average molecular weight is 160 g/mol. The first-order valence-corrected chi connectivity index (χ1v) is 4.48. The van der Waals surface area contributed by atoms with E-state index in [4.69, 9.17) is 0 Å². The predicted molar refractivity (Wildman–Crippen MR) is 52.5 cm³/mol. The van der Waals surface area contributed by atoms with E-state index in [-0.39, 0.29) is 0 Å². The van der Waals surface area contributed by atoms with Gasteiger partial charge in [0.1, 0.15) is 0 Å². The van der Waals surface area contributed by atoms with Crippen molar-refractivity contribution in [1.29, 1.82) is 0 Å². The van der Waals surface area contributed by atoms with Crippen molar-refractivity contribution in [3.63, 3.8) is 0 Å². The van der Waals surface area contributed by atoms with Crippen LogP contribution in [-0.4, -0.2) is 20.1 Å². The molecular weight excluding hydrogens is 147 g/mol. The maximum Gasteiger partial charge on any atom is 0.340 e. The monoisotopic (exact) mass is 160 g/mol. The first-order chi connectivity index (χ1) is 5.97. The van der Waals surface area contributed by atoms with Crippen molar-refractivity contribution in [1.82, 2.24) is 10.5 Å². The highest BCUT2D eigenvalue weighted by atomic mass is 15.0. The summed E-state index contributed by atoms with van der Waals surface area (Å²) in [7, 11) is 0. The number of nitrogens with one attached hydrogen (secondary N) is 2. The van der Waals surface area contributed by atoms with Crippen LogP contribution in [0.2, 0.25) is 0 Å². The van der Waals surface area contributed by atoms with Crippen LogP contribution >= 0.6 is 0 Å². The smallest absolute Gasteiger partial charge is 0.338 e. The predicted octanol–water partition coefficient (Wildman–Crippen LogP) is -0.0353. The van der Waals surface area contributed by atoms with Gasteiger partial charge >= 0.3 is 6.98 Å². The highest BCUT2D eigenvalue weighted by Gasteiger charge is 2.18. The van der Waals surface area contributed by atoms with Gasteiger partial charge in [0.15, 0.2) is 0 Å². The Labute approximate surface area is 73.5 Å². The quantitative estimate of drug-likeness (QED) is 0.563. The minimum absolute atomic E-state index is 0.361. The first-order valence-electron chi connectivity index (χ1n) is 4.48. The fourth-order valence-electron chi connectivity index (χ4n) is 1.53. The van der Waals surface area contributed by atoms with E-state index >= 15 is 0 Å². The molecule has 1 heterocycles. The van der Waals surface area contributed by atoms with E-state index < -0.39 is 0 Å². The van der Waals surface area contributed by atoms with E-state index in [0.29, 0.717) is 6.98 Å². The molecule has 2 rings (SSSR count). The maximum atomic E-state index is 3.42. The zero-order chi connectivity index (χ0) is 8.23. The molecule has 1 fully saturated rings. The molecular formula is C9H13BN2. The van der Waals surface area contributed by atoms with E-state index in [2.05, 4.69) is 34.7 Å². The molecule has 62 valence electrons. The van der Waals surface area contributed by atoms with Crippen molar-refractivity contribution in [2.45, 2.75) is 6.42 Å². The van der Waals surface area contributed by atoms with Crippen LogP contribution in [-0.2, 0) is 0 Å². The van der Waals surface area contributed by atoms with Gasteiger partial charge in [0.05, 0.1) is 0 Å². The van der Waals surface area contributed by atoms with Crippen molar-refractivity contribution in [3.8, 4) is 0 Å². The van der Waals surface area contributed by atoms with E-state index in [9.17, 15) is 0 Å². The summed E-state index contributed by atoms with van der Waals surface area (Å²) >= 11 is 0. The molecule has 0 unspecified atom stereocenters. The third-order valence-corrected chi connectivity index (χ3v) is 2.18. The molecule has 1 aromatic carbocycles. The van der Waals surface area contributed by atoms with Crippen molar-refractivity contribution in [2.24, 2.45) is 0 Å². The fourth-order valence-corrected chi connectivity index (χ4v) is 1.53. The Morgan fingerprint density at radius 3 is 2.33 bits per heavy atom. The highest BCUT2D eigenvalue weighted by Crippen LogP contribution is 1.88. The van der Waals surface area contributed by atoms with Gasteiger partial charge in [0, 0.05) is 0 Å². The van der Waals surface area contributed by atoms with Crippen LogP contribution in [0.15, 0.2) is 30.3 Å². The van der Waals surface area contributed by atoms with Crippen LogP contribution in [0, 0.1) is 0 Å². The lowest BCUT2D eigenvalue weighted by molar-refractivity contribution is 0.697. The Kier molecular flexibility index (Phi) is 2.44. The lowest BCUT2D eigenvalue weighted by Gasteiger charge is -2.21. The second-order valence-electron chi connectivity index (χ2n) is 3.11. The summed E-state index contributed by atoms with van der Waals surface area (Å²) < 4.78 is 0. The van der Waals surface area contributed by atoms with Crippen LogP contribution in [0.25, 0.3) is 0 Å². The Morgan fingerprint density at radius 1 is 1.00 bits per heavy atom. The normalized spacial score (nSPS) is 17.8. The van der Waals surface area contributed by atoms with Crippen molar-refractivity contribution >= 4 is 12.4 Å². The van der Waals surface area contributed by atoms with Gasteiger partial charge in [-0.15, -0.1) is 0 Å². The Hall–Kier alpha value is -0.795. The largest absolute Gasteiger partial charge is 0.340 e. The van der Waals surface area contributed by atoms with Gasteiger partial charge in [0.25, 0.3) is 0 Å². The summed E-state index contributed by atoms with van der Waals surface area (Å²) in [5, 5.41) is 6.85. The molecule has 1 aliphatic rings. The molecule has 1 aliphatic heterocycles. The molecule has 0 saturated carbocycles. The van der Waals surface area contributed by atoms with Crippen LogP contribution in [0.4, 0.5) is 0 Å². The number of rotatable bonds is 1. The zero-order valence-corrected chi connectivity index (χ0v) is 7.09. The standard InChI is InChI=1S/C9H13BN2/c1-2-5-9(6-3-1)10-11-7-4-8-12-10/h1-3,5-6,11-12H,4,7-8H2. The Balaban J connectivity index is 2.08. The molecule has 1 aromatic rings. The lowest BCUT2D eigenvalue weighted by Crippen LogP contribution is -2.60. The molecule has 0 atom stereocenters. The molecule has 2 N–H and O–H groups in total. The van der Waals surface area contributed by atoms with Crippen LogP contribution < -0.4 is 15.9 Å². The topological polar surface area (TPSA) is 24.1 Å². The van der Waals surface area contributed by atoms with E-state index in [1.54, 1.807) is 0 Å². The van der Waals surface area contributed by atoms with Gasteiger partial charge in [-0.1, -0.05) is 30.3 Å². The maximum absolute atomic E-state index is 3.42. The SMILES string of the molecule is c1ccc(B2NCCCN2)cc1. The summed E-state index contributed by atoms with van der Waals surface area (Å²) in [6.45, 7) is 2.60. The molecule has 0 bridgehead atoms. The van der Waals surface area contributed by atoms with Crippen molar-refractivity contribution in [2.75, 3.05) is 13.1 Å². The van der Waals surface area contributed by atoms with E-state index in [0.717, 1.165) is 13.1 Å². The van der Waals surface area contributed by atoms with Crippen LogP contribution in [0.3, 0.4) is 0 Å². The second kappa shape index (κ2) is 3.74. The first kappa shape index (κ1) is 7.83. The molecule has 12 heavy (non-hydrogen) atoms. The van der Waals surface area contributed by atoms with Crippen molar-refractivity contribution in [3.05, 3.63) is 30.3 Å². The average Bonchev–Trinajstić information content (AvgIpc) is 2.21. The molecule has 0 aromatic heterocycles. The molecule has 0 radical (unpaired) electrons. The Morgan fingerprint density at radius 2 is 1.67 bits per heavy atom. The van der Waals surface area contributed by atoms with Gasteiger partial charge in [-0.3, -0.25) is 0 Å². The van der Waals surface area contributed by atoms with Crippen LogP contribution in [0.5, 0.6) is 0 Å². The molecule has 0 spiro atoms. The third kappa shape index (κ3) is 1.68. The molecule has 0 aliphatic carbocycles. The van der Waals surface area contributed by atoms with Gasteiger partial charge in [-0.2, -0.15) is 0 Å². The fraction of sp³-hybridized carbons (Fsp3) is 0.333. The van der Waals surface area contributed by atoms with Crippen molar-refractivity contribution < 1.29 is 0 Å². The Bertz CT molecular complexity index is 232. The summed E-state index contributed by atoms with van der Waals surface area (Å²) in [5.41, 5.74) is 1.33. The summed E-state index contributed by atoms with van der Waals surface area (Å²) in [6, 6.07) is 10.5. The second-order valence-corrected chi connectivity index (χ2v) is 3.11. The summed E-state index contributed by atoms with van der Waals surface area (Å²) in [5.74, 6) is 0. The minimum atomic E-state index is 0.361. The summed E-state index contributed by atoms with van der Waals surface area (Å²) in [6.07, 6.45) is 1.23.